The van der Waals surface area contributed by atoms with Crippen LogP contribution in [0.1, 0.15) is 174 Å². The first-order chi connectivity index (χ1) is 26.1. The van der Waals surface area contributed by atoms with Crippen LogP contribution in [0.25, 0.3) is 0 Å². The summed E-state index contributed by atoms with van der Waals surface area (Å²) in [5.41, 5.74) is 0. The van der Waals surface area contributed by atoms with Gasteiger partial charge in [-0.2, -0.15) is 0 Å². The summed E-state index contributed by atoms with van der Waals surface area (Å²) in [5, 5.41) is 11.6. The molecule has 0 N–H and O–H groups in total. The van der Waals surface area contributed by atoms with Crippen LogP contribution in [0.3, 0.4) is 0 Å². The van der Waals surface area contributed by atoms with E-state index in [-0.39, 0.29) is 42.7 Å². The normalized spacial score (nSPS) is 13.4. The molecule has 54 heavy (non-hydrogen) atoms. The fraction of sp³-hybridized carbons (Fsp3) is 0.761. The van der Waals surface area contributed by atoms with E-state index in [1.54, 1.807) is 21.1 Å². The summed E-state index contributed by atoms with van der Waals surface area (Å²) in [4.78, 5) is 36.8. The summed E-state index contributed by atoms with van der Waals surface area (Å²) in [7, 11) is 5.39. The van der Waals surface area contributed by atoms with Gasteiger partial charge in [-0.25, -0.2) is 0 Å². The lowest BCUT2D eigenvalue weighted by Crippen LogP contribution is -2.55. The van der Waals surface area contributed by atoms with Crippen LogP contribution in [0, 0.1) is 0 Å². The third-order valence-electron chi connectivity index (χ3n) is 9.50. The molecule has 2 unspecified atom stereocenters. The fourth-order valence-electron chi connectivity index (χ4n) is 6.07. The van der Waals surface area contributed by atoms with E-state index >= 15 is 0 Å². The predicted octanol–water partition coefficient (Wildman–Crippen LogP) is 10.3. The van der Waals surface area contributed by atoms with Crippen molar-refractivity contribution in [3.8, 4) is 0 Å². The van der Waals surface area contributed by atoms with Crippen molar-refractivity contribution in [3.05, 3.63) is 48.6 Å². The van der Waals surface area contributed by atoms with Crippen LogP contribution >= 0.6 is 0 Å². The van der Waals surface area contributed by atoms with E-state index in [1.165, 1.54) is 64.2 Å². The van der Waals surface area contributed by atoms with Crippen molar-refractivity contribution in [1.29, 1.82) is 0 Å². The zero-order valence-electron chi connectivity index (χ0n) is 35.4. The quantitative estimate of drug-likeness (QED) is 0.0203. The van der Waals surface area contributed by atoms with E-state index < -0.39 is 18.1 Å². The van der Waals surface area contributed by atoms with Gasteiger partial charge < -0.3 is 28.6 Å². The molecule has 0 aliphatic rings. The zero-order chi connectivity index (χ0) is 40.0. The summed E-state index contributed by atoms with van der Waals surface area (Å²) >= 11 is 0. The largest absolute Gasteiger partial charge is 0.544 e. The third kappa shape index (κ3) is 35.0. The number of carbonyl (C=O) groups is 3. The van der Waals surface area contributed by atoms with E-state index in [1.807, 2.05) is 0 Å². The summed E-state index contributed by atoms with van der Waals surface area (Å²) in [6.45, 7) is 4.58. The van der Waals surface area contributed by atoms with Gasteiger partial charge in [0.05, 0.1) is 40.3 Å². The molecule has 0 radical (unpaired) electrons. The lowest BCUT2D eigenvalue weighted by molar-refractivity contribution is -0.889. The van der Waals surface area contributed by atoms with Crippen LogP contribution in [0.5, 0.6) is 0 Å². The first-order valence-corrected chi connectivity index (χ1v) is 21.7. The number of ether oxygens (including phenoxy) is 3. The van der Waals surface area contributed by atoms with Crippen LogP contribution in [0.2, 0.25) is 0 Å². The highest BCUT2D eigenvalue weighted by molar-refractivity contribution is 5.70. The number of carbonyl (C=O) groups excluding carboxylic acids is 3. The van der Waals surface area contributed by atoms with E-state index in [0.29, 0.717) is 12.8 Å². The second kappa shape index (κ2) is 37.2. The molecule has 0 spiro atoms. The van der Waals surface area contributed by atoms with E-state index in [9.17, 15) is 19.5 Å². The SMILES string of the molecule is CCCCC/C=C/CCCCCCCC(=O)OC(COCCC(C(=O)[O-])[N+](C)(C)C)COC(=O)CCCCCCC/C=C/C=C/C=C/CCCCCCC. The highest BCUT2D eigenvalue weighted by Gasteiger charge is 2.25. The topological polar surface area (TPSA) is 102 Å². The number of esters is 2. The van der Waals surface area contributed by atoms with Crippen LogP contribution in [0.4, 0.5) is 0 Å². The van der Waals surface area contributed by atoms with Gasteiger partial charge >= 0.3 is 11.9 Å². The first-order valence-electron chi connectivity index (χ1n) is 21.7. The Hall–Kier alpha value is -2.71. The number of aliphatic carboxylic acids is 1. The first kappa shape index (κ1) is 51.3. The number of carboxylic acids is 1. The minimum Gasteiger partial charge on any atom is -0.544 e. The standard InChI is InChI=1S/C46H81NO7/c1-6-8-10-12-14-16-18-20-21-22-23-24-25-27-28-30-32-34-36-44(48)53-41-42(40-52-39-38-43(46(50)51)47(3,4)5)54-45(49)37-35-33-31-29-26-19-17-15-13-11-9-7-2/h15,17-18,20-24,42-43H,6-14,16,19,25-41H2,1-5H3/b17-15+,20-18+,22-21+,24-23+. The second-order valence-electron chi connectivity index (χ2n) is 15.6. The van der Waals surface area contributed by atoms with Gasteiger partial charge in [0.2, 0.25) is 0 Å². The minimum absolute atomic E-state index is 0.0298. The molecule has 0 heterocycles. The molecule has 0 saturated carbocycles. The van der Waals surface area contributed by atoms with Crippen molar-refractivity contribution in [2.75, 3.05) is 41.0 Å². The number of carboxylic acid groups (broad SMARTS) is 1. The lowest BCUT2D eigenvalue weighted by atomic mass is 10.1. The van der Waals surface area contributed by atoms with Crippen molar-refractivity contribution >= 4 is 17.9 Å². The number of likely N-dealkylation sites (N-methyl/N-ethyl adjacent to an activating group) is 1. The Morgan fingerprint density at radius 3 is 1.52 bits per heavy atom. The number of unbranched alkanes of at least 4 members (excludes halogenated alkanes) is 18. The number of rotatable bonds is 38. The average molecular weight is 760 g/mol. The molecule has 312 valence electrons. The molecule has 8 heteroatoms. The Morgan fingerprint density at radius 2 is 1.00 bits per heavy atom. The number of quaternary nitrogens is 1. The molecule has 8 nitrogen and oxygen atoms in total. The maximum absolute atomic E-state index is 12.7. The van der Waals surface area contributed by atoms with Gasteiger partial charge in [-0.3, -0.25) is 9.59 Å². The maximum atomic E-state index is 12.7. The van der Waals surface area contributed by atoms with Gasteiger partial charge in [0.1, 0.15) is 12.6 Å². The highest BCUT2D eigenvalue weighted by atomic mass is 16.6. The van der Waals surface area contributed by atoms with E-state index in [2.05, 4.69) is 62.5 Å². The van der Waals surface area contributed by atoms with Crippen LogP contribution in [0.15, 0.2) is 48.6 Å². The van der Waals surface area contributed by atoms with Crippen molar-refractivity contribution in [1.82, 2.24) is 0 Å². The van der Waals surface area contributed by atoms with Crippen molar-refractivity contribution in [2.24, 2.45) is 0 Å². The van der Waals surface area contributed by atoms with Crippen molar-refractivity contribution in [2.45, 2.75) is 187 Å². The van der Waals surface area contributed by atoms with Gasteiger partial charge in [-0.1, -0.05) is 140 Å². The molecule has 0 aromatic rings. The summed E-state index contributed by atoms with van der Waals surface area (Å²) in [5.74, 6) is -1.78. The van der Waals surface area contributed by atoms with Gasteiger partial charge in [-0.05, 0) is 64.2 Å². The Bertz CT molecular complexity index is 1030. The van der Waals surface area contributed by atoms with Crippen LogP contribution in [-0.2, 0) is 28.6 Å². The molecule has 0 aromatic heterocycles. The number of hydrogen-bond acceptors (Lipinski definition) is 7. The minimum atomic E-state index is -1.13. The number of hydrogen-bond donors (Lipinski definition) is 0. The molecule has 0 rings (SSSR count). The molecule has 2 atom stereocenters. The van der Waals surface area contributed by atoms with E-state index in [0.717, 1.165) is 77.0 Å². The van der Waals surface area contributed by atoms with Crippen LogP contribution < -0.4 is 5.11 Å². The summed E-state index contributed by atoms with van der Waals surface area (Å²) in [6.07, 6.45) is 42.7. The Labute approximate surface area is 331 Å². The number of nitrogens with zero attached hydrogens (tertiary/aromatic N) is 1. The number of allylic oxidation sites excluding steroid dienone is 8. The molecular formula is C46H81NO7. The van der Waals surface area contributed by atoms with Gasteiger partial charge in [0, 0.05) is 19.3 Å². The average Bonchev–Trinajstić information content (AvgIpc) is 3.12. The third-order valence-corrected chi connectivity index (χ3v) is 9.50. The highest BCUT2D eigenvalue weighted by Crippen LogP contribution is 2.13. The molecule has 0 fully saturated rings. The summed E-state index contributed by atoms with van der Waals surface area (Å²) < 4.78 is 17.1. The molecular weight excluding hydrogens is 679 g/mol. The smallest absolute Gasteiger partial charge is 0.306 e. The summed E-state index contributed by atoms with van der Waals surface area (Å²) in [6, 6.07) is -0.730. The maximum Gasteiger partial charge on any atom is 0.306 e. The van der Waals surface area contributed by atoms with Crippen molar-refractivity contribution < 1.29 is 38.2 Å². The molecule has 0 aliphatic heterocycles. The molecule has 0 amide bonds. The van der Waals surface area contributed by atoms with E-state index in [4.69, 9.17) is 14.2 Å². The lowest BCUT2D eigenvalue weighted by Gasteiger charge is -2.34. The molecule has 0 aliphatic carbocycles. The molecule has 0 saturated heterocycles. The van der Waals surface area contributed by atoms with Gasteiger partial charge in [0.25, 0.3) is 0 Å². The second-order valence-corrected chi connectivity index (χ2v) is 15.6. The Kier molecular flexibility index (Phi) is 35.4. The Balaban J connectivity index is 4.39. The van der Waals surface area contributed by atoms with Crippen LogP contribution in [-0.4, -0.2) is 75.5 Å². The fourth-order valence-corrected chi connectivity index (χ4v) is 6.07. The van der Waals surface area contributed by atoms with Gasteiger partial charge in [0.15, 0.2) is 6.10 Å². The van der Waals surface area contributed by atoms with Gasteiger partial charge in [-0.15, -0.1) is 0 Å². The molecule has 0 aromatic carbocycles. The molecule has 0 bridgehead atoms. The monoisotopic (exact) mass is 760 g/mol. The Morgan fingerprint density at radius 1 is 0.556 bits per heavy atom. The zero-order valence-corrected chi connectivity index (χ0v) is 35.4. The predicted molar refractivity (Wildman–Crippen MR) is 222 cm³/mol. The van der Waals surface area contributed by atoms with Crippen molar-refractivity contribution in [3.63, 3.8) is 0 Å².